The van der Waals surface area contributed by atoms with Crippen LogP contribution in [0.5, 0.6) is 0 Å². The molecule has 0 N–H and O–H groups in total. The average molecular weight is 466 g/mol. The van der Waals surface area contributed by atoms with Crippen LogP contribution in [0.25, 0.3) is 0 Å². The molecule has 1 atom stereocenters. The molecule has 31 heavy (non-hydrogen) atoms. The lowest BCUT2D eigenvalue weighted by Crippen LogP contribution is -2.33. The quantitative estimate of drug-likeness (QED) is 0.272. The van der Waals surface area contributed by atoms with Crippen molar-refractivity contribution in [1.29, 1.82) is 0 Å². The Hall–Kier alpha value is -2.60. The smallest absolute Gasteiger partial charge is 0.461 e. The minimum atomic E-state index is -6.00. The molecule has 7 nitrogen and oxygen atoms in total. The number of aromatic nitrogens is 2. The Morgan fingerprint density at radius 1 is 1.32 bits per heavy atom. The van der Waals surface area contributed by atoms with Gasteiger partial charge in [-0.3, -0.25) is 0 Å². The van der Waals surface area contributed by atoms with Gasteiger partial charge in [-0.15, -0.1) is 0 Å². The van der Waals surface area contributed by atoms with Gasteiger partial charge < -0.3 is 31.6 Å². The fraction of sp³-hybridized carbons (Fsp3) is 0.389. The molecule has 0 amide bonds. The molecule has 0 saturated heterocycles. The zero-order valence-corrected chi connectivity index (χ0v) is 17.6. The summed E-state index contributed by atoms with van der Waals surface area (Å²) in [7, 11) is -4.05. The van der Waals surface area contributed by atoms with Crippen LogP contribution in [0.3, 0.4) is 0 Å². The summed E-state index contributed by atoms with van der Waals surface area (Å²) >= 11 is 5.98. The molecular weight excluding hydrogens is 444 g/mol. The molecule has 2 heterocycles. The van der Waals surface area contributed by atoms with E-state index in [4.69, 9.17) is 25.9 Å². The van der Waals surface area contributed by atoms with Gasteiger partial charge in [0, 0.05) is 10.6 Å². The lowest BCUT2D eigenvalue weighted by molar-refractivity contribution is -0.671. The first-order chi connectivity index (χ1) is 14.5. The van der Waals surface area contributed by atoms with Crippen molar-refractivity contribution in [3.63, 3.8) is 0 Å². The van der Waals surface area contributed by atoms with E-state index in [0.29, 0.717) is 18.2 Å². The Morgan fingerprint density at radius 2 is 1.97 bits per heavy atom. The van der Waals surface area contributed by atoms with Gasteiger partial charge in [-0.25, -0.2) is 13.9 Å². The number of rotatable bonds is 7. The summed E-state index contributed by atoms with van der Waals surface area (Å²) < 4.78 is 54.0. The summed E-state index contributed by atoms with van der Waals surface area (Å²) in [4.78, 5) is 17.6. The Kier molecular flexibility index (Phi) is 8.46. The van der Waals surface area contributed by atoms with Gasteiger partial charge in [0.25, 0.3) is 5.79 Å². The number of hydrogen-bond acceptors (Lipinski definition) is 5. The molecule has 0 fully saturated rings. The molecule has 2 aromatic rings. The van der Waals surface area contributed by atoms with Gasteiger partial charge in [0.15, 0.2) is 5.71 Å². The molecule has 0 aliphatic carbocycles. The van der Waals surface area contributed by atoms with Gasteiger partial charge in [0.1, 0.15) is 18.9 Å². The maximum Gasteiger partial charge on any atom is 0.673 e. The summed E-state index contributed by atoms with van der Waals surface area (Å²) in [6.07, 6.45) is 6.03. The Labute approximate surface area is 181 Å². The van der Waals surface area contributed by atoms with Crippen molar-refractivity contribution < 1.29 is 40.9 Å². The second-order valence-corrected chi connectivity index (χ2v) is 6.88. The Bertz CT molecular complexity index is 902. The highest BCUT2D eigenvalue weighted by Crippen LogP contribution is 2.37. The molecule has 1 aliphatic heterocycles. The van der Waals surface area contributed by atoms with Crippen LogP contribution in [0, 0.1) is 0 Å². The summed E-state index contributed by atoms with van der Waals surface area (Å²) in [5.41, 5.74) is 0.942. The van der Waals surface area contributed by atoms with Gasteiger partial charge in [-0.1, -0.05) is 28.9 Å². The van der Waals surface area contributed by atoms with E-state index < -0.39 is 19.0 Å². The van der Waals surface area contributed by atoms with Crippen molar-refractivity contribution in [3.05, 3.63) is 53.6 Å². The van der Waals surface area contributed by atoms with Crippen LogP contribution >= 0.6 is 11.6 Å². The van der Waals surface area contributed by atoms with Crippen LogP contribution in [-0.4, -0.2) is 36.7 Å². The molecule has 1 aliphatic rings. The predicted molar refractivity (Wildman–Crippen MR) is 105 cm³/mol. The molecule has 170 valence electrons. The second kappa shape index (κ2) is 10.6. The molecule has 13 heteroatoms. The highest BCUT2D eigenvalue weighted by atomic mass is 35.5. The van der Waals surface area contributed by atoms with Crippen LogP contribution in [0.2, 0.25) is 5.02 Å². The molecule has 0 bridgehead atoms. The maximum atomic E-state index is 12.0. The molecule has 1 unspecified atom stereocenters. The van der Waals surface area contributed by atoms with Crippen molar-refractivity contribution in [3.8, 4) is 0 Å². The molecule has 3 rings (SSSR count). The highest BCUT2D eigenvalue weighted by molar-refractivity contribution is 6.50. The number of aryl methyl sites for hydroxylation is 1. The number of carbonyl (C=O) groups is 1. The van der Waals surface area contributed by atoms with Crippen LogP contribution < -0.4 is 4.57 Å². The van der Waals surface area contributed by atoms with E-state index >= 15 is 0 Å². The normalized spacial score (nSPS) is 18.0. The summed E-state index contributed by atoms with van der Waals surface area (Å²) in [5.74, 6) is -1.66. The lowest BCUT2D eigenvalue weighted by Gasteiger charge is -2.26. The van der Waals surface area contributed by atoms with E-state index in [9.17, 15) is 22.1 Å². The zero-order chi connectivity index (χ0) is 23.1. The number of nitrogens with zero attached hydrogens (tertiary/aromatic N) is 3. The Morgan fingerprint density at radius 3 is 2.52 bits per heavy atom. The first-order valence-corrected chi connectivity index (χ1v) is 9.60. The second-order valence-electron chi connectivity index (χ2n) is 6.45. The number of carbonyl (C=O) groups excluding carboxylic acids is 1. The summed E-state index contributed by atoms with van der Waals surface area (Å²) in [6.45, 7) is 3.03. The van der Waals surface area contributed by atoms with Gasteiger partial charge in [0.05, 0.1) is 26.7 Å². The standard InChI is InChI=1S/C18H21ClN3O4.BF4/c1-3-24-17(23)16-12-18(26-20-16,14-4-6-15(19)7-5-14)25-11-10-22-9-8-21(2)13-22;2-1(3,4)5/h4-9,13H,3,10-12H2,1-2H3;/q+1;-1. The fourth-order valence-electron chi connectivity index (χ4n) is 2.71. The van der Waals surface area contributed by atoms with E-state index in [-0.39, 0.29) is 18.7 Å². The lowest BCUT2D eigenvalue weighted by atomic mass is 10.0. The minimum absolute atomic E-state index is 0.174. The third-order valence-corrected chi connectivity index (χ3v) is 4.26. The average Bonchev–Trinajstić information content (AvgIpc) is 3.29. The maximum absolute atomic E-state index is 12.0. The van der Waals surface area contributed by atoms with E-state index in [1.807, 2.05) is 47.0 Å². The summed E-state index contributed by atoms with van der Waals surface area (Å²) in [6, 6.07) is 7.11. The topological polar surface area (TPSA) is 65.9 Å². The Balaban J connectivity index is 0.000000614. The highest BCUT2D eigenvalue weighted by Gasteiger charge is 2.45. The first kappa shape index (κ1) is 24.7. The van der Waals surface area contributed by atoms with Crippen LogP contribution in [0.1, 0.15) is 18.9 Å². The molecular formula is C18H21BClF4N3O4. The molecule has 0 radical (unpaired) electrons. The number of benzene rings is 1. The number of hydrogen-bond donors (Lipinski definition) is 0. The minimum Gasteiger partial charge on any atom is -0.461 e. The van der Waals surface area contributed by atoms with Crippen molar-refractivity contribution in [2.75, 3.05) is 13.2 Å². The summed E-state index contributed by atoms with van der Waals surface area (Å²) in [5, 5.41) is 4.51. The molecule has 0 spiro atoms. The molecule has 1 aromatic carbocycles. The van der Waals surface area contributed by atoms with Crippen molar-refractivity contribution in [1.82, 2.24) is 4.57 Å². The SMILES string of the molecule is CCOC(=O)C1=NOC(OCCn2cc[n+](C)c2)(c2ccc(Cl)cc2)C1.F[B-](F)(F)F. The first-order valence-electron chi connectivity index (χ1n) is 9.23. The van der Waals surface area contributed by atoms with Crippen molar-refractivity contribution >= 4 is 30.5 Å². The third kappa shape index (κ3) is 7.87. The van der Waals surface area contributed by atoms with Crippen molar-refractivity contribution in [2.45, 2.75) is 25.7 Å². The van der Waals surface area contributed by atoms with E-state index in [1.54, 1.807) is 19.1 Å². The number of esters is 1. The number of ether oxygens (including phenoxy) is 2. The van der Waals surface area contributed by atoms with Crippen molar-refractivity contribution in [2.24, 2.45) is 12.2 Å². The molecule has 0 saturated carbocycles. The van der Waals surface area contributed by atoms with Gasteiger partial charge in [-0.2, -0.15) is 0 Å². The van der Waals surface area contributed by atoms with Crippen LogP contribution in [0.15, 0.2) is 48.1 Å². The fourth-order valence-corrected chi connectivity index (χ4v) is 2.83. The van der Waals surface area contributed by atoms with E-state index in [2.05, 4.69) is 5.16 Å². The predicted octanol–water partition coefficient (Wildman–Crippen LogP) is 3.48. The largest absolute Gasteiger partial charge is 0.673 e. The third-order valence-electron chi connectivity index (χ3n) is 4.01. The van der Waals surface area contributed by atoms with Crippen LogP contribution in [0.4, 0.5) is 17.3 Å². The van der Waals surface area contributed by atoms with Gasteiger partial charge in [-0.05, 0) is 19.1 Å². The van der Waals surface area contributed by atoms with Crippen LogP contribution in [-0.2, 0) is 38.5 Å². The number of oxime groups is 1. The number of imidazole rings is 1. The van der Waals surface area contributed by atoms with E-state index in [1.165, 1.54) is 0 Å². The zero-order valence-electron chi connectivity index (χ0n) is 16.8. The van der Waals surface area contributed by atoms with E-state index in [0.717, 1.165) is 5.56 Å². The van der Waals surface area contributed by atoms with Gasteiger partial charge in [0.2, 0.25) is 6.33 Å². The number of halogens is 5. The molecule has 1 aromatic heterocycles. The van der Waals surface area contributed by atoms with Gasteiger partial charge >= 0.3 is 13.2 Å². The monoisotopic (exact) mass is 465 g/mol.